The summed E-state index contributed by atoms with van der Waals surface area (Å²) in [6, 6.07) is 2.06. The highest BCUT2D eigenvalue weighted by Crippen LogP contribution is 2.06. The molecular weight excluding hydrogens is 140 g/mol. The fourth-order valence-electron chi connectivity index (χ4n) is 0.825. The van der Waals surface area contributed by atoms with E-state index in [0.717, 1.165) is 6.42 Å². The van der Waals surface area contributed by atoms with Gasteiger partial charge in [0, 0.05) is 25.1 Å². The zero-order valence-corrected chi connectivity index (χ0v) is 7.22. The summed E-state index contributed by atoms with van der Waals surface area (Å²) < 4.78 is 0. The van der Waals surface area contributed by atoms with Crippen molar-refractivity contribution in [2.45, 2.75) is 32.2 Å². The average Bonchev–Trinajstić information content (AvgIpc) is 1.87. The molecule has 11 heavy (non-hydrogen) atoms. The molecular formula is C8H16N2O. The Morgan fingerprint density at radius 3 is 2.64 bits per heavy atom. The van der Waals surface area contributed by atoms with Crippen molar-refractivity contribution >= 4 is 0 Å². The minimum atomic E-state index is -0.0500. The van der Waals surface area contributed by atoms with Gasteiger partial charge in [0.05, 0.1) is 6.07 Å². The molecule has 0 radical (unpaired) electrons. The van der Waals surface area contributed by atoms with Crippen molar-refractivity contribution in [3.05, 3.63) is 0 Å². The second-order valence-electron chi connectivity index (χ2n) is 3.19. The number of nitriles is 1. The lowest BCUT2D eigenvalue weighted by Crippen LogP contribution is -2.40. The smallest absolute Gasteiger partial charge is 0.0635 e. The Balaban J connectivity index is 3.48. The van der Waals surface area contributed by atoms with Crippen LogP contribution in [0, 0.1) is 11.3 Å². The topological polar surface area (TPSA) is 56.0 Å². The molecule has 0 atom stereocenters. The molecule has 64 valence electrons. The Kier molecular flexibility index (Phi) is 4.84. The van der Waals surface area contributed by atoms with Gasteiger partial charge in [-0.05, 0) is 20.3 Å². The van der Waals surface area contributed by atoms with Crippen LogP contribution >= 0.6 is 0 Å². The van der Waals surface area contributed by atoms with Crippen LogP contribution in [0.2, 0.25) is 0 Å². The second kappa shape index (κ2) is 5.11. The molecule has 0 aliphatic heterocycles. The highest BCUT2D eigenvalue weighted by atomic mass is 16.3. The van der Waals surface area contributed by atoms with Gasteiger partial charge in [-0.2, -0.15) is 5.26 Å². The third kappa shape index (κ3) is 5.84. The van der Waals surface area contributed by atoms with Crippen LogP contribution < -0.4 is 5.32 Å². The number of nitrogens with zero attached hydrogens (tertiary/aromatic N) is 1. The standard InChI is InChI=1S/C8H16N2O/c1-8(2,4-7-11)10-6-3-5-9/h10-11H,3-4,6-7H2,1-2H3. The summed E-state index contributed by atoms with van der Waals surface area (Å²) in [7, 11) is 0. The number of nitrogens with one attached hydrogen (secondary N) is 1. The number of rotatable bonds is 5. The third-order valence-electron chi connectivity index (χ3n) is 1.58. The Labute approximate surface area is 68.0 Å². The molecule has 3 nitrogen and oxygen atoms in total. The first kappa shape index (κ1) is 10.4. The second-order valence-corrected chi connectivity index (χ2v) is 3.19. The molecule has 0 aliphatic rings. The predicted octanol–water partition coefficient (Wildman–Crippen LogP) is 0.651. The van der Waals surface area contributed by atoms with Crippen LogP contribution in [0.4, 0.5) is 0 Å². The molecule has 0 aromatic carbocycles. The normalized spacial score (nSPS) is 11.1. The molecule has 2 N–H and O–H groups in total. The van der Waals surface area contributed by atoms with Crippen molar-refractivity contribution in [2.24, 2.45) is 0 Å². The van der Waals surface area contributed by atoms with Gasteiger partial charge in [-0.1, -0.05) is 0 Å². The van der Waals surface area contributed by atoms with Crippen LogP contribution in [0.3, 0.4) is 0 Å². The molecule has 0 saturated heterocycles. The number of aliphatic hydroxyl groups excluding tert-OH is 1. The van der Waals surface area contributed by atoms with Gasteiger partial charge in [-0.3, -0.25) is 0 Å². The Bertz CT molecular complexity index is 138. The largest absolute Gasteiger partial charge is 0.396 e. The molecule has 0 aromatic heterocycles. The summed E-state index contributed by atoms with van der Waals surface area (Å²) in [4.78, 5) is 0. The Morgan fingerprint density at radius 1 is 1.55 bits per heavy atom. The van der Waals surface area contributed by atoms with Crippen LogP contribution in [0.15, 0.2) is 0 Å². The van der Waals surface area contributed by atoms with E-state index in [1.807, 2.05) is 13.8 Å². The monoisotopic (exact) mass is 156 g/mol. The lowest BCUT2D eigenvalue weighted by Gasteiger charge is -2.24. The van der Waals surface area contributed by atoms with E-state index in [1.54, 1.807) is 0 Å². The minimum Gasteiger partial charge on any atom is -0.396 e. The molecule has 3 heteroatoms. The maximum atomic E-state index is 8.65. The third-order valence-corrected chi connectivity index (χ3v) is 1.58. The molecule has 0 aliphatic carbocycles. The molecule has 0 unspecified atom stereocenters. The molecule has 0 rings (SSSR count). The van der Waals surface area contributed by atoms with E-state index in [1.165, 1.54) is 0 Å². The summed E-state index contributed by atoms with van der Waals surface area (Å²) in [5.74, 6) is 0. The van der Waals surface area contributed by atoms with Crippen LogP contribution in [-0.4, -0.2) is 23.8 Å². The SMILES string of the molecule is CC(C)(CCO)NCCC#N. The minimum absolute atomic E-state index is 0.0500. The van der Waals surface area contributed by atoms with Crippen molar-refractivity contribution in [1.29, 1.82) is 5.26 Å². The van der Waals surface area contributed by atoms with E-state index in [9.17, 15) is 0 Å². The van der Waals surface area contributed by atoms with E-state index in [-0.39, 0.29) is 12.1 Å². The molecule has 0 saturated carbocycles. The van der Waals surface area contributed by atoms with Gasteiger partial charge in [0.25, 0.3) is 0 Å². The summed E-state index contributed by atoms with van der Waals surface area (Å²) in [5, 5.41) is 20.1. The van der Waals surface area contributed by atoms with Gasteiger partial charge in [0.15, 0.2) is 0 Å². The molecule has 0 fully saturated rings. The molecule has 0 aromatic rings. The van der Waals surface area contributed by atoms with E-state index in [0.29, 0.717) is 13.0 Å². The van der Waals surface area contributed by atoms with Crippen LogP contribution in [-0.2, 0) is 0 Å². The highest BCUT2D eigenvalue weighted by molar-refractivity contribution is 4.79. The summed E-state index contributed by atoms with van der Waals surface area (Å²) in [6.07, 6.45) is 1.24. The van der Waals surface area contributed by atoms with Gasteiger partial charge >= 0.3 is 0 Å². The first-order chi connectivity index (χ1) is 5.12. The van der Waals surface area contributed by atoms with Gasteiger partial charge in [-0.25, -0.2) is 0 Å². The van der Waals surface area contributed by atoms with Crippen molar-refractivity contribution < 1.29 is 5.11 Å². The van der Waals surface area contributed by atoms with E-state index in [2.05, 4.69) is 11.4 Å². The summed E-state index contributed by atoms with van der Waals surface area (Å²) >= 11 is 0. The van der Waals surface area contributed by atoms with E-state index in [4.69, 9.17) is 10.4 Å². The maximum absolute atomic E-state index is 8.65. The quantitative estimate of drug-likeness (QED) is 0.575. The van der Waals surface area contributed by atoms with Crippen LogP contribution in [0.25, 0.3) is 0 Å². The molecule has 0 spiro atoms. The van der Waals surface area contributed by atoms with Crippen molar-refractivity contribution in [3.63, 3.8) is 0 Å². The van der Waals surface area contributed by atoms with Crippen molar-refractivity contribution in [1.82, 2.24) is 5.32 Å². The van der Waals surface area contributed by atoms with Gasteiger partial charge in [0.1, 0.15) is 0 Å². The molecule has 0 amide bonds. The average molecular weight is 156 g/mol. The van der Waals surface area contributed by atoms with Gasteiger partial charge in [0.2, 0.25) is 0 Å². The fourth-order valence-corrected chi connectivity index (χ4v) is 0.825. The maximum Gasteiger partial charge on any atom is 0.0635 e. The predicted molar refractivity (Wildman–Crippen MR) is 44.0 cm³/mol. The van der Waals surface area contributed by atoms with E-state index < -0.39 is 0 Å². The molecule has 0 heterocycles. The van der Waals surface area contributed by atoms with Gasteiger partial charge < -0.3 is 10.4 Å². The first-order valence-corrected chi connectivity index (χ1v) is 3.85. The van der Waals surface area contributed by atoms with Crippen LogP contribution in [0.1, 0.15) is 26.7 Å². The summed E-state index contributed by atoms with van der Waals surface area (Å²) in [6.45, 7) is 4.91. The van der Waals surface area contributed by atoms with Crippen LogP contribution in [0.5, 0.6) is 0 Å². The van der Waals surface area contributed by atoms with Gasteiger partial charge in [-0.15, -0.1) is 0 Å². The lowest BCUT2D eigenvalue weighted by atomic mass is 10.0. The zero-order chi connectivity index (χ0) is 8.74. The highest BCUT2D eigenvalue weighted by Gasteiger charge is 2.14. The molecule has 0 bridgehead atoms. The Hall–Kier alpha value is -0.590. The fraction of sp³-hybridized carbons (Fsp3) is 0.875. The lowest BCUT2D eigenvalue weighted by molar-refractivity contribution is 0.232. The number of aliphatic hydroxyl groups is 1. The number of hydrogen-bond acceptors (Lipinski definition) is 3. The summed E-state index contributed by atoms with van der Waals surface area (Å²) in [5.41, 5.74) is -0.0500. The van der Waals surface area contributed by atoms with Crippen molar-refractivity contribution in [3.8, 4) is 6.07 Å². The van der Waals surface area contributed by atoms with E-state index >= 15 is 0 Å². The van der Waals surface area contributed by atoms with Crippen molar-refractivity contribution in [2.75, 3.05) is 13.2 Å². The number of hydrogen-bond donors (Lipinski definition) is 2. The zero-order valence-electron chi connectivity index (χ0n) is 7.22. The first-order valence-electron chi connectivity index (χ1n) is 3.85. The Morgan fingerprint density at radius 2 is 2.18 bits per heavy atom.